The highest BCUT2D eigenvalue weighted by Crippen LogP contribution is 2.27. The Morgan fingerprint density at radius 3 is 2.56 bits per heavy atom. The maximum atomic E-state index is 13.0. The average Bonchev–Trinajstić information content (AvgIpc) is 2.82. The van der Waals surface area contributed by atoms with Crippen LogP contribution in [0.2, 0.25) is 0 Å². The topological polar surface area (TPSA) is 96.7 Å². The summed E-state index contributed by atoms with van der Waals surface area (Å²) in [5, 5.41) is 0. The highest BCUT2D eigenvalue weighted by atomic mass is 16.5. The number of methoxy groups -OCH3 is 1. The summed E-state index contributed by atoms with van der Waals surface area (Å²) >= 11 is 0. The van der Waals surface area contributed by atoms with Crippen LogP contribution in [0.5, 0.6) is 5.75 Å². The molecule has 2 aromatic rings. The Bertz CT molecular complexity index is 933. The number of rotatable bonds is 3. The average molecular weight is 372 g/mol. The van der Waals surface area contributed by atoms with Crippen molar-refractivity contribution in [2.75, 3.05) is 13.7 Å². The third kappa shape index (κ3) is 3.61. The molecule has 0 saturated carbocycles. The molecule has 0 aliphatic carbocycles. The molecule has 2 heterocycles. The SMILES string of the molecule is COC(=O)c1nc2n(c(=O)c1OC(=O)c1ccccc1)CCCOC2(C)C. The zero-order chi connectivity index (χ0) is 19.6. The van der Waals surface area contributed by atoms with Gasteiger partial charge >= 0.3 is 11.9 Å². The molecule has 0 amide bonds. The predicted molar refractivity (Wildman–Crippen MR) is 94.8 cm³/mol. The van der Waals surface area contributed by atoms with Gasteiger partial charge in [-0.2, -0.15) is 0 Å². The first-order valence-corrected chi connectivity index (χ1v) is 8.50. The molecule has 0 bridgehead atoms. The second-order valence-corrected chi connectivity index (χ2v) is 6.53. The minimum absolute atomic E-state index is 0.247. The van der Waals surface area contributed by atoms with E-state index in [1.54, 1.807) is 44.2 Å². The largest absolute Gasteiger partial charge is 0.464 e. The van der Waals surface area contributed by atoms with Gasteiger partial charge in [-0.1, -0.05) is 18.2 Å². The van der Waals surface area contributed by atoms with Crippen molar-refractivity contribution in [3.63, 3.8) is 0 Å². The minimum Gasteiger partial charge on any atom is -0.464 e. The van der Waals surface area contributed by atoms with E-state index < -0.39 is 28.8 Å². The second-order valence-electron chi connectivity index (χ2n) is 6.53. The van der Waals surface area contributed by atoms with Crippen LogP contribution in [0.25, 0.3) is 0 Å². The van der Waals surface area contributed by atoms with Crippen LogP contribution in [-0.2, 0) is 21.6 Å². The summed E-state index contributed by atoms with van der Waals surface area (Å²) in [6, 6.07) is 8.17. The third-order valence-corrected chi connectivity index (χ3v) is 4.24. The van der Waals surface area contributed by atoms with Crippen LogP contribution in [0.3, 0.4) is 0 Å². The first-order chi connectivity index (χ1) is 12.8. The number of benzene rings is 1. The standard InChI is InChI=1S/C19H20N2O6/c1-19(2)18-20-13(17(24)25-3)14(15(22)21(18)10-7-11-26-19)27-16(23)12-8-5-4-6-9-12/h4-6,8-9H,7,10-11H2,1-3H3. The van der Waals surface area contributed by atoms with Crippen LogP contribution in [0, 0.1) is 0 Å². The van der Waals surface area contributed by atoms with Gasteiger partial charge in [-0.15, -0.1) is 0 Å². The number of hydrogen-bond donors (Lipinski definition) is 0. The number of carbonyl (C=O) groups excluding carboxylic acids is 2. The molecule has 0 fully saturated rings. The number of fused-ring (bicyclic) bond motifs is 1. The summed E-state index contributed by atoms with van der Waals surface area (Å²) < 4.78 is 17.1. The van der Waals surface area contributed by atoms with Gasteiger partial charge in [0.15, 0.2) is 5.69 Å². The van der Waals surface area contributed by atoms with Crippen molar-refractivity contribution in [1.29, 1.82) is 0 Å². The Labute approximate surface area is 155 Å². The van der Waals surface area contributed by atoms with Gasteiger partial charge in [-0.25, -0.2) is 14.6 Å². The van der Waals surface area contributed by atoms with E-state index in [1.165, 1.54) is 4.57 Å². The van der Waals surface area contributed by atoms with Crippen LogP contribution in [0.4, 0.5) is 0 Å². The molecular weight excluding hydrogens is 352 g/mol. The van der Waals surface area contributed by atoms with E-state index in [9.17, 15) is 14.4 Å². The molecule has 3 rings (SSSR count). The van der Waals surface area contributed by atoms with Gasteiger partial charge in [0.05, 0.1) is 12.7 Å². The predicted octanol–water partition coefficient (Wildman–Crippen LogP) is 1.90. The lowest BCUT2D eigenvalue weighted by molar-refractivity contribution is -0.0228. The summed E-state index contributed by atoms with van der Waals surface area (Å²) in [4.78, 5) is 42.0. The Morgan fingerprint density at radius 2 is 1.89 bits per heavy atom. The number of aromatic nitrogens is 2. The van der Waals surface area contributed by atoms with Crippen molar-refractivity contribution in [3.05, 3.63) is 57.8 Å². The fourth-order valence-corrected chi connectivity index (χ4v) is 2.87. The van der Waals surface area contributed by atoms with Crippen LogP contribution in [0.15, 0.2) is 35.1 Å². The van der Waals surface area contributed by atoms with Crippen molar-refractivity contribution < 1.29 is 23.8 Å². The maximum Gasteiger partial charge on any atom is 0.360 e. The molecular formula is C19H20N2O6. The first kappa shape index (κ1) is 18.8. The number of ether oxygens (including phenoxy) is 3. The van der Waals surface area contributed by atoms with Crippen molar-refractivity contribution in [3.8, 4) is 5.75 Å². The molecule has 27 heavy (non-hydrogen) atoms. The second kappa shape index (κ2) is 7.32. The molecule has 0 atom stereocenters. The van der Waals surface area contributed by atoms with E-state index >= 15 is 0 Å². The van der Waals surface area contributed by atoms with E-state index in [1.807, 2.05) is 0 Å². The van der Waals surface area contributed by atoms with Gasteiger partial charge in [-0.05, 0) is 32.4 Å². The van der Waals surface area contributed by atoms with Crippen LogP contribution in [0.1, 0.15) is 46.9 Å². The van der Waals surface area contributed by atoms with Gasteiger partial charge in [0.1, 0.15) is 11.4 Å². The fourth-order valence-electron chi connectivity index (χ4n) is 2.87. The first-order valence-electron chi connectivity index (χ1n) is 8.50. The summed E-state index contributed by atoms with van der Waals surface area (Å²) in [6.07, 6.45) is 0.585. The van der Waals surface area contributed by atoms with Gasteiger partial charge in [0.2, 0.25) is 5.75 Å². The summed E-state index contributed by atoms with van der Waals surface area (Å²) in [5.41, 5.74) is -1.61. The zero-order valence-corrected chi connectivity index (χ0v) is 15.4. The highest BCUT2D eigenvalue weighted by Gasteiger charge is 2.34. The number of carbonyl (C=O) groups is 2. The quantitative estimate of drug-likeness (QED) is 0.759. The molecule has 0 radical (unpaired) electrons. The molecule has 142 valence electrons. The van der Waals surface area contributed by atoms with E-state index in [2.05, 4.69) is 4.98 Å². The van der Waals surface area contributed by atoms with Crippen molar-refractivity contribution in [1.82, 2.24) is 9.55 Å². The molecule has 8 heteroatoms. The summed E-state index contributed by atoms with van der Waals surface area (Å²) in [6.45, 7) is 4.28. The lowest BCUT2D eigenvalue weighted by Gasteiger charge is -2.25. The molecule has 1 aliphatic rings. The van der Waals surface area contributed by atoms with E-state index in [0.29, 0.717) is 19.6 Å². The van der Waals surface area contributed by atoms with Gasteiger partial charge < -0.3 is 14.2 Å². The van der Waals surface area contributed by atoms with Crippen LogP contribution >= 0.6 is 0 Å². The third-order valence-electron chi connectivity index (χ3n) is 4.24. The van der Waals surface area contributed by atoms with Crippen LogP contribution < -0.4 is 10.3 Å². The van der Waals surface area contributed by atoms with Gasteiger partial charge in [0, 0.05) is 13.2 Å². The number of hydrogen-bond acceptors (Lipinski definition) is 7. The highest BCUT2D eigenvalue weighted by molar-refractivity contribution is 5.94. The normalized spacial score (nSPS) is 15.4. The molecule has 1 aromatic heterocycles. The molecule has 0 saturated heterocycles. The number of esters is 2. The maximum absolute atomic E-state index is 13.0. The van der Waals surface area contributed by atoms with E-state index in [4.69, 9.17) is 14.2 Å². The molecule has 1 aromatic carbocycles. The Balaban J connectivity index is 2.15. The van der Waals surface area contributed by atoms with Crippen molar-refractivity contribution in [2.45, 2.75) is 32.4 Å². The van der Waals surface area contributed by atoms with E-state index in [0.717, 1.165) is 7.11 Å². The summed E-state index contributed by atoms with van der Waals surface area (Å²) in [7, 11) is 1.16. The van der Waals surface area contributed by atoms with Crippen LogP contribution in [-0.4, -0.2) is 35.2 Å². The molecule has 0 unspecified atom stereocenters. The molecule has 8 nitrogen and oxygen atoms in total. The fraction of sp³-hybridized carbons (Fsp3) is 0.368. The van der Waals surface area contributed by atoms with E-state index in [-0.39, 0.29) is 17.1 Å². The lowest BCUT2D eigenvalue weighted by Crippen LogP contribution is -2.35. The molecule has 0 spiro atoms. The van der Waals surface area contributed by atoms with Gasteiger partial charge in [0.25, 0.3) is 5.56 Å². The minimum atomic E-state index is -0.888. The Hall–Kier alpha value is -3.00. The molecule has 1 aliphatic heterocycles. The number of nitrogens with zero attached hydrogens (tertiary/aromatic N) is 2. The van der Waals surface area contributed by atoms with Gasteiger partial charge in [-0.3, -0.25) is 9.36 Å². The lowest BCUT2D eigenvalue weighted by atomic mass is 10.1. The Kier molecular flexibility index (Phi) is 5.09. The smallest absolute Gasteiger partial charge is 0.360 e. The van der Waals surface area contributed by atoms with Crippen molar-refractivity contribution >= 4 is 11.9 Å². The summed E-state index contributed by atoms with van der Waals surface area (Å²) in [5.74, 6) is -1.79. The molecule has 0 N–H and O–H groups in total. The monoisotopic (exact) mass is 372 g/mol. The zero-order valence-electron chi connectivity index (χ0n) is 15.4. The Morgan fingerprint density at radius 1 is 1.19 bits per heavy atom. The van der Waals surface area contributed by atoms with Crippen molar-refractivity contribution in [2.24, 2.45) is 0 Å².